The maximum atomic E-state index is 13.2. The van der Waals surface area contributed by atoms with Crippen LogP contribution in [0.25, 0.3) is 22.4 Å². The maximum absolute atomic E-state index is 13.2. The number of nitrogens with zero attached hydrogens (tertiary/aromatic N) is 6. The molecule has 32 heavy (non-hydrogen) atoms. The predicted molar refractivity (Wildman–Crippen MR) is 118 cm³/mol. The molecule has 1 N–H and O–H groups in total. The van der Waals surface area contributed by atoms with Gasteiger partial charge in [0.15, 0.2) is 0 Å². The van der Waals surface area contributed by atoms with E-state index >= 15 is 0 Å². The van der Waals surface area contributed by atoms with Gasteiger partial charge in [0, 0.05) is 25.0 Å². The molecular weight excluding hydrogens is 406 g/mol. The Morgan fingerprint density at radius 3 is 2.78 bits per heavy atom. The largest absolute Gasteiger partial charge is 0.338 e. The predicted octanol–water partition coefficient (Wildman–Crippen LogP) is 2.47. The number of pyridine rings is 2. The molecule has 0 fully saturated rings. The van der Waals surface area contributed by atoms with Gasteiger partial charge in [0.25, 0.3) is 11.5 Å². The van der Waals surface area contributed by atoms with Crippen LogP contribution in [0.1, 0.15) is 42.5 Å². The van der Waals surface area contributed by atoms with E-state index in [0.717, 1.165) is 18.4 Å². The molecule has 0 bridgehead atoms. The van der Waals surface area contributed by atoms with Crippen LogP contribution >= 0.6 is 0 Å². The number of fused-ring (bicyclic) bond motifs is 2. The molecule has 0 aliphatic carbocycles. The fourth-order valence-electron chi connectivity index (χ4n) is 4.09. The van der Waals surface area contributed by atoms with Gasteiger partial charge in [-0.15, -0.1) is 0 Å². The molecule has 5 heterocycles. The average Bonchev–Trinajstić information content (AvgIpc) is 2.98. The first-order valence-corrected chi connectivity index (χ1v) is 10.5. The van der Waals surface area contributed by atoms with Crippen molar-refractivity contribution < 1.29 is 4.79 Å². The Morgan fingerprint density at radius 2 is 1.94 bits per heavy atom. The normalized spacial score (nSPS) is 18.0. The van der Waals surface area contributed by atoms with Crippen molar-refractivity contribution in [3.05, 3.63) is 77.0 Å². The second-order valence-electron chi connectivity index (χ2n) is 8.03. The molecule has 1 unspecified atom stereocenters. The molecule has 1 atom stereocenters. The number of carbonyl (C=O) groups is 1. The Kier molecular flexibility index (Phi) is 4.93. The van der Waals surface area contributed by atoms with E-state index in [4.69, 9.17) is 4.98 Å². The van der Waals surface area contributed by atoms with Gasteiger partial charge in [0.1, 0.15) is 17.8 Å². The van der Waals surface area contributed by atoms with E-state index in [1.807, 2.05) is 13.0 Å². The summed E-state index contributed by atoms with van der Waals surface area (Å²) in [7, 11) is 0. The van der Waals surface area contributed by atoms with Gasteiger partial charge in [0.05, 0.1) is 28.0 Å². The topological polar surface area (TPSA) is 116 Å². The lowest BCUT2D eigenvalue weighted by atomic mass is 9.94. The van der Waals surface area contributed by atoms with Crippen molar-refractivity contribution >= 4 is 16.9 Å². The standard InChI is InChI=1S/C23H21N7O2/c1-23(29-21(32)18-7-6-15-17(27-18)5-4-10-25-15)9-2-3-12-30-20(31)13-19(28-22(23)30)16-8-11-24-14-26-16/h4-8,10-11,13-14H,2-3,9,12H2,1H3,(H,29,32). The Bertz CT molecular complexity index is 1370. The molecule has 1 amide bonds. The van der Waals surface area contributed by atoms with Crippen LogP contribution in [0, 0.1) is 0 Å². The molecule has 9 nitrogen and oxygen atoms in total. The Hall–Kier alpha value is -4.01. The molecule has 0 radical (unpaired) electrons. The number of carbonyl (C=O) groups excluding carboxylic acids is 1. The zero-order chi connectivity index (χ0) is 22.1. The summed E-state index contributed by atoms with van der Waals surface area (Å²) in [4.78, 5) is 47.8. The third-order valence-electron chi connectivity index (χ3n) is 5.73. The first kappa shape index (κ1) is 19.9. The summed E-state index contributed by atoms with van der Waals surface area (Å²) in [5, 5.41) is 3.10. The van der Waals surface area contributed by atoms with E-state index in [0.29, 0.717) is 35.7 Å². The zero-order valence-corrected chi connectivity index (χ0v) is 17.5. The second-order valence-corrected chi connectivity index (χ2v) is 8.03. The molecule has 5 rings (SSSR count). The van der Waals surface area contributed by atoms with Gasteiger partial charge in [-0.3, -0.25) is 19.1 Å². The molecule has 4 aromatic rings. The van der Waals surface area contributed by atoms with E-state index in [9.17, 15) is 9.59 Å². The number of nitrogens with one attached hydrogen (secondary N) is 1. The lowest BCUT2D eigenvalue weighted by Gasteiger charge is -2.30. The maximum Gasteiger partial charge on any atom is 0.270 e. The van der Waals surface area contributed by atoms with E-state index in [1.54, 1.807) is 41.2 Å². The highest BCUT2D eigenvalue weighted by atomic mass is 16.2. The lowest BCUT2D eigenvalue weighted by Crippen LogP contribution is -2.47. The minimum Gasteiger partial charge on any atom is -0.338 e. The third-order valence-corrected chi connectivity index (χ3v) is 5.73. The Labute approximate surface area is 183 Å². The minimum absolute atomic E-state index is 0.166. The van der Waals surface area contributed by atoms with Crippen molar-refractivity contribution in [1.82, 2.24) is 34.8 Å². The smallest absolute Gasteiger partial charge is 0.270 e. The molecule has 0 aromatic carbocycles. The van der Waals surface area contributed by atoms with Gasteiger partial charge < -0.3 is 5.32 Å². The van der Waals surface area contributed by atoms with Crippen molar-refractivity contribution in [2.24, 2.45) is 0 Å². The van der Waals surface area contributed by atoms with E-state index in [1.165, 1.54) is 12.4 Å². The monoisotopic (exact) mass is 427 g/mol. The summed E-state index contributed by atoms with van der Waals surface area (Å²) in [5.41, 5.74) is 1.66. The summed E-state index contributed by atoms with van der Waals surface area (Å²) in [6.07, 6.45) is 7.03. The minimum atomic E-state index is -0.846. The Morgan fingerprint density at radius 1 is 1.03 bits per heavy atom. The van der Waals surface area contributed by atoms with Crippen molar-refractivity contribution in [2.75, 3.05) is 0 Å². The van der Waals surface area contributed by atoms with Crippen LogP contribution in [0.3, 0.4) is 0 Å². The van der Waals surface area contributed by atoms with Crippen LogP contribution in [0.4, 0.5) is 0 Å². The molecule has 1 aliphatic heterocycles. The summed E-state index contributed by atoms with van der Waals surface area (Å²) in [5.74, 6) is 0.195. The van der Waals surface area contributed by atoms with Crippen LogP contribution < -0.4 is 10.9 Å². The number of hydrogen-bond donors (Lipinski definition) is 1. The van der Waals surface area contributed by atoms with Gasteiger partial charge in [0.2, 0.25) is 0 Å². The zero-order valence-electron chi connectivity index (χ0n) is 17.5. The van der Waals surface area contributed by atoms with Crippen LogP contribution in [-0.2, 0) is 12.1 Å². The van der Waals surface area contributed by atoms with Gasteiger partial charge >= 0.3 is 0 Å². The lowest BCUT2D eigenvalue weighted by molar-refractivity contribution is 0.0889. The summed E-state index contributed by atoms with van der Waals surface area (Å²) >= 11 is 0. The molecule has 4 aromatic heterocycles. The average molecular weight is 427 g/mol. The highest BCUT2D eigenvalue weighted by Gasteiger charge is 2.36. The van der Waals surface area contributed by atoms with Gasteiger partial charge in [-0.2, -0.15) is 0 Å². The summed E-state index contributed by atoms with van der Waals surface area (Å²) in [6, 6.07) is 10.2. The first-order chi connectivity index (χ1) is 15.5. The van der Waals surface area contributed by atoms with Gasteiger partial charge in [-0.25, -0.2) is 19.9 Å². The molecular formula is C23H21N7O2. The van der Waals surface area contributed by atoms with Crippen molar-refractivity contribution in [1.29, 1.82) is 0 Å². The summed E-state index contributed by atoms with van der Waals surface area (Å²) < 4.78 is 1.65. The number of hydrogen-bond acceptors (Lipinski definition) is 7. The fourth-order valence-corrected chi connectivity index (χ4v) is 4.09. The number of amides is 1. The summed E-state index contributed by atoms with van der Waals surface area (Å²) in [6.45, 7) is 2.46. The van der Waals surface area contributed by atoms with Gasteiger partial charge in [-0.05, 0) is 56.5 Å². The third kappa shape index (κ3) is 3.62. The van der Waals surface area contributed by atoms with E-state index < -0.39 is 5.54 Å². The van der Waals surface area contributed by atoms with E-state index in [-0.39, 0.29) is 17.2 Å². The van der Waals surface area contributed by atoms with Crippen LogP contribution in [0.5, 0.6) is 0 Å². The quantitative estimate of drug-likeness (QED) is 0.534. The number of aromatic nitrogens is 6. The first-order valence-electron chi connectivity index (χ1n) is 10.5. The van der Waals surface area contributed by atoms with Crippen LogP contribution in [0.15, 0.2) is 59.9 Å². The Balaban J connectivity index is 1.55. The molecule has 9 heteroatoms. The highest BCUT2D eigenvalue weighted by Crippen LogP contribution is 2.30. The molecule has 0 saturated heterocycles. The van der Waals surface area contributed by atoms with Crippen molar-refractivity contribution in [3.63, 3.8) is 0 Å². The van der Waals surface area contributed by atoms with Crippen molar-refractivity contribution in [2.45, 2.75) is 38.3 Å². The van der Waals surface area contributed by atoms with E-state index in [2.05, 4.69) is 25.3 Å². The second kappa shape index (κ2) is 7.92. The van der Waals surface area contributed by atoms with Crippen LogP contribution in [0.2, 0.25) is 0 Å². The van der Waals surface area contributed by atoms with Gasteiger partial charge in [-0.1, -0.05) is 0 Å². The molecule has 0 spiro atoms. The highest BCUT2D eigenvalue weighted by molar-refractivity contribution is 5.94. The number of rotatable bonds is 3. The molecule has 0 saturated carbocycles. The van der Waals surface area contributed by atoms with Crippen LogP contribution in [-0.4, -0.2) is 35.4 Å². The van der Waals surface area contributed by atoms with Crippen molar-refractivity contribution in [3.8, 4) is 11.4 Å². The molecule has 160 valence electrons. The molecule has 1 aliphatic rings. The SMILES string of the molecule is CC1(NC(=O)c2ccc3ncccc3n2)CCCCn2c1nc(-c1ccncn1)cc2=O. The fraction of sp³-hybridized carbons (Fsp3) is 0.261.